The number of β-amino-alcohol motifs (C(OH)–C–C–N with tert-alkyl or cyclic N) is 1. The van der Waals surface area contributed by atoms with E-state index >= 15 is 0 Å². The van der Waals surface area contributed by atoms with Crippen LogP contribution in [0.4, 0.5) is 0 Å². The number of benzene rings is 1. The molecule has 1 aromatic carbocycles. The Morgan fingerprint density at radius 3 is 2.84 bits per heavy atom. The molecule has 1 N–H and O–H groups in total. The van der Waals surface area contributed by atoms with Crippen LogP contribution in [0.25, 0.3) is 0 Å². The van der Waals surface area contributed by atoms with Crippen LogP contribution in [0.5, 0.6) is 5.75 Å². The van der Waals surface area contributed by atoms with E-state index in [0.717, 1.165) is 13.1 Å². The Hall–Kier alpha value is -1.43. The number of ether oxygens (including phenoxy) is 1. The topological polar surface area (TPSA) is 53.0 Å². The van der Waals surface area contributed by atoms with Gasteiger partial charge in [0.25, 0.3) is 0 Å². The molecule has 2 saturated heterocycles. The summed E-state index contributed by atoms with van der Waals surface area (Å²) in [5, 5.41) is 10.3. The summed E-state index contributed by atoms with van der Waals surface area (Å²) in [5.74, 6) is 0.660. The number of Topliss-reactive ketones (excluding diaryl/α,β-unsaturated/α-hetero) is 1. The van der Waals surface area contributed by atoms with Crippen molar-refractivity contribution in [3.05, 3.63) is 29.8 Å². The Bertz CT molecular complexity index is 572. The number of likely N-dealkylation sites (tertiary alicyclic amines) is 2. The lowest BCUT2D eigenvalue weighted by molar-refractivity contribution is 0.0416. The predicted octanol–water partition coefficient (Wildman–Crippen LogP) is 2.19. The molecule has 5 heteroatoms. The van der Waals surface area contributed by atoms with Crippen molar-refractivity contribution in [1.29, 1.82) is 0 Å². The van der Waals surface area contributed by atoms with Crippen LogP contribution in [-0.2, 0) is 0 Å². The van der Waals surface area contributed by atoms with Gasteiger partial charge in [-0.3, -0.25) is 14.6 Å². The molecule has 2 atom stereocenters. The van der Waals surface area contributed by atoms with Crippen molar-refractivity contribution in [3.63, 3.8) is 0 Å². The van der Waals surface area contributed by atoms with Gasteiger partial charge >= 0.3 is 0 Å². The summed E-state index contributed by atoms with van der Waals surface area (Å²) < 4.78 is 5.69. The summed E-state index contributed by atoms with van der Waals surface area (Å²) in [4.78, 5) is 16.4. The number of carbonyl (C=O) groups excluding carboxylic acids is 1. The predicted molar refractivity (Wildman–Crippen MR) is 98.2 cm³/mol. The van der Waals surface area contributed by atoms with E-state index in [2.05, 4.69) is 9.80 Å². The molecule has 0 aliphatic carbocycles. The highest BCUT2D eigenvalue weighted by Crippen LogP contribution is 2.21. The standard InChI is InChI=1S/C20H30N2O3/c1-16(23)17-6-4-8-20(12-17)25-15-19(24)14-21-9-5-7-18(13-21)22-10-2-3-11-22/h4,6,8,12,18-19,24H,2-3,5,7,9-11,13-15H2,1H3/t18-,19+/m1/s1. The summed E-state index contributed by atoms with van der Waals surface area (Å²) in [5.41, 5.74) is 0.636. The van der Waals surface area contributed by atoms with Crippen molar-refractivity contribution in [2.75, 3.05) is 39.3 Å². The number of aliphatic hydroxyl groups is 1. The first-order valence-corrected chi connectivity index (χ1v) is 9.50. The zero-order valence-corrected chi connectivity index (χ0v) is 15.2. The fourth-order valence-electron chi connectivity index (χ4n) is 3.95. The molecule has 0 radical (unpaired) electrons. The highest BCUT2D eigenvalue weighted by atomic mass is 16.5. The Morgan fingerprint density at radius 1 is 1.28 bits per heavy atom. The van der Waals surface area contributed by atoms with Crippen LogP contribution in [0, 0.1) is 0 Å². The quantitative estimate of drug-likeness (QED) is 0.767. The van der Waals surface area contributed by atoms with Gasteiger partial charge in [-0.1, -0.05) is 12.1 Å². The molecule has 0 bridgehead atoms. The lowest BCUT2D eigenvalue weighted by Gasteiger charge is -2.38. The molecular formula is C20H30N2O3. The Labute approximate surface area is 150 Å². The minimum absolute atomic E-state index is 0.0206. The molecule has 0 saturated carbocycles. The third kappa shape index (κ3) is 5.27. The zero-order valence-electron chi connectivity index (χ0n) is 15.2. The maximum Gasteiger partial charge on any atom is 0.159 e. The SMILES string of the molecule is CC(=O)c1cccc(OC[C@@H](O)CN2CCC[C@@H](N3CCCC3)C2)c1. The minimum Gasteiger partial charge on any atom is -0.491 e. The van der Waals surface area contributed by atoms with E-state index in [1.165, 1.54) is 38.8 Å². The smallest absolute Gasteiger partial charge is 0.159 e. The number of ketones is 1. The fraction of sp³-hybridized carbons (Fsp3) is 0.650. The molecule has 1 aromatic rings. The van der Waals surface area contributed by atoms with Crippen LogP contribution >= 0.6 is 0 Å². The van der Waals surface area contributed by atoms with Crippen molar-refractivity contribution in [1.82, 2.24) is 9.80 Å². The van der Waals surface area contributed by atoms with E-state index in [9.17, 15) is 9.90 Å². The molecule has 138 valence electrons. The third-order valence-corrected chi connectivity index (χ3v) is 5.29. The number of piperidine rings is 1. The van der Waals surface area contributed by atoms with E-state index in [4.69, 9.17) is 4.74 Å². The first-order chi connectivity index (χ1) is 12.1. The normalized spacial score (nSPS) is 23.5. The molecule has 2 aliphatic rings. The first kappa shape index (κ1) is 18.4. The number of aliphatic hydroxyl groups excluding tert-OH is 1. The number of rotatable bonds is 7. The van der Waals surface area contributed by atoms with E-state index in [1.54, 1.807) is 19.1 Å². The molecule has 2 heterocycles. The summed E-state index contributed by atoms with van der Waals surface area (Å²) in [6.07, 6.45) is 4.62. The van der Waals surface area contributed by atoms with Crippen molar-refractivity contribution in [2.24, 2.45) is 0 Å². The molecule has 0 aromatic heterocycles. The largest absolute Gasteiger partial charge is 0.491 e. The molecule has 2 aliphatic heterocycles. The Morgan fingerprint density at radius 2 is 2.08 bits per heavy atom. The number of nitrogens with zero attached hydrogens (tertiary/aromatic N) is 2. The Kier molecular flexibility index (Phi) is 6.45. The summed E-state index contributed by atoms with van der Waals surface area (Å²) >= 11 is 0. The second-order valence-corrected chi connectivity index (χ2v) is 7.35. The van der Waals surface area contributed by atoms with Gasteiger partial charge in [0.2, 0.25) is 0 Å². The molecule has 0 unspecified atom stereocenters. The lowest BCUT2D eigenvalue weighted by Crippen LogP contribution is -2.49. The van der Waals surface area contributed by atoms with Crippen LogP contribution in [-0.4, -0.2) is 72.2 Å². The van der Waals surface area contributed by atoms with Crippen molar-refractivity contribution < 1.29 is 14.6 Å². The van der Waals surface area contributed by atoms with Crippen molar-refractivity contribution in [2.45, 2.75) is 44.8 Å². The second-order valence-electron chi connectivity index (χ2n) is 7.35. The Balaban J connectivity index is 1.44. The van der Waals surface area contributed by atoms with Crippen molar-refractivity contribution in [3.8, 4) is 5.75 Å². The van der Waals surface area contributed by atoms with Gasteiger partial charge in [0.05, 0.1) is 0 Å². The highest BCUT2D eigenvalue weighted by molar-refractivity contribution is 5.94. The van der Waals surface area contributed by atoms with Gasteiger partial charge in [0.15, 0.2) is 5.78 Å². The number of hydrogen-bond acceptors (Lipinski definition) is 5. The molecule has 0 spiro atoms. The van der Waals surface area contributed by atoms with Crippen LogP contribution in [0.3, 0.4) is 0 Å². The molecule has 0 amide bonds. The third-order valence-electron chi connectivity index (χ3n) is 5.29. The van der Waals surface area contributed by atoms with Crippen LogP contribution in [0.2, 0.25) is 0 Å². The van der Waals surface area contributed by atoms with Crippen LogP contribution < -0.4 is 4.74 Å². The second kappa shape index (κ2) is 8.79. The molecular weight excluding hydrogens is 316 g/mol. The highest BCUT2D eigenvalue weighted by Gasteiger charge is 2.27. The number of carbonyl (C=O) groups is 1. The maximum atomic E-state index is 11.4. The lowest BCUT2D eigenvalue weighted by atomic mass is 10.0. The van der Waals surface area contributed by atoms with Gasteiger partial charge in [-0.25, -0.2) is 0 Å². The monoisotopic (exact) mass is 346 g/mol. The van der Waals surface area contributed by atoms with Gasteiger partial charge in [-0.15, -0.1) is 0 Å². The molecule has 5 nitrogen and oxygen atoms in total. The number of hydrogen-bond donors (Lipinski definition) is 1. The average molecular weight is 346 g/mol. The zero-order chi connectivity index (χ0) is 17.6. The van der Waals surface area contributed by atoms with Gasteiger partial charge in [0, 0.05) is 24.7 Å². The maximum absolute atomic E-state index is 11.4. The summed E-state index contributed by atoms with van der Waals surface area (Å²) in [6.45, 7) is 7.02. The van der Waals surface area contributed by atoms with Gasteiger partial charge < -0.3 is 9.84 Å². The van der Waals surface area contributed by atoms with E-state index in [-0.39, 0.29) is 12.4 Å². The van der Waals surface area contributed by atoms with Crippen LogP contribution in [0.15, 0.2) is 24.3 Å². The molecule has 2 fully saturated rings. The van der Waals surface area contributed by atoms with Gasteiger partial charge in [0.1, 0.15) is 18.5 Å². The van der Waals surface area contributed by atoms with E-state index < -0.39 is 6.10 Å². The summed E-state index contributed by atoms with van der Waals surface area (Å²) in [6, 6.07) is 7.79. The first-order valence-electron chi connectivity index (χ1n) is 9.50. The molecule has 25 heavy (non-hydrogen) atoms. The van der Waals surface area contributed by atoms with Crippen LogP contribution in [0.1, 0.15) is 43.0 Å². The summed E-state index contributed by atoms with van der Waals surface area (Å²) in [7, 11) is 0. The molecule has 3 rings (SSSR count). The minimum atomic E-state index is -0.515. The van der Waals surface area contributed by atoms with E-state index in [0.29, 0.717) is 23.9 Å². The average Bonchev–Trinajstić information content (AvgIpc) is 3.15. The van der Waals surface area contributed by atoms with Gasteiger partial charge in [-0.2, -0.15) is 0 Å². The van der Waals surface area contributed by atoms with Crippen molar-refractivity contribution >= 4 is 5.78 Å². The van der Waals surface area contributed by atoms with Gasteiger partial charge in [-0.05, 0) is 64.4 Å². The fourth-order valence-corrected chi connectivity index (χ4v) is 3.95. The van der Waals surface area contributed by atoms with E-state index in [1.807, 2.05) is 12.1 Å².